The molecule has 0 amide bonds. The van der Waals surface area contributed by atoms with Gasteiger partial charge in [-0.2, -0.15) is 0 Å². The summed E-state index contributed by atoms with van der Waals surface area (Å²) in [5.74, 6) is 0.359. The molecule has 0 aliphatic carbocycles. The number of hydrogen-bond acceptors (Lipinski definition) is 1. The summed E-state index contributed by atoms with van der Waals surface area (Å²) in [6, 6.07) is 0. The van der Waals surface area contributed by atoms with Gasteiger partial charge in [0.1, 0.15) is 5.78 Å². The Balaban J connectivity index is -0.000000376. The van der Waals surface area contributed by atoms with Gasteiger partial charge in [-0.3, -0.25) is 4.79 Å². The minimum absolute atomic E-state index is 0.0520. The molecule has 0 aliphatic rings. The van der Waals surface area contributed by atoms with Crippen molar-refractivity contribution in [3.8, 4) is 0 Å². The summed E-state index contributed by atoms with van der Waals surface area (Å²) >= 11 is 0. The van der Waals surface area contributed by atoms with Gasteiger partial charge >= 0.3 is 0 Å². The van der Waals surface area contributed by atoms with E-state index in [1.807, 2.05) is 73.6 Å². The van der Waals surface area contributed by atoms with Gasteiger partial charge in [0.05, 0.1) is 0 Å². The number of Topliss-reactive ketones (excluding diaryl/α,β-unsaturated/α-hetero) is 1. The highest BCUT2D eigenvalue weighted by molar-refractivity contribution is 5.83. The van der Waals surface area contributed by atoms with Gasteiger partial charge in [0.2, 0.25) is 0 Å². The fraction of sp³-hybridized carbons (Fsp3) is 0.667. The summed E-state index contributed by atoms with van der Waals surface area (Å²) in [5, 5.41) is 0. The van der Waals surface area contributed by atoms with Crippen LogP contribution in [0, 0.1) is 5.92 Å². The van der Waals surface area contributed by atoms with Crippen LogP contribution in [-0.2, 0) is 4.79 Å². The van der Waals surface area contributed by atoms with E-state index in [1.54, 1.807) is 0 Å². The van der Waals surface area contributed by atoms with E-state index in [2.05, 4.69) is 0 Å². The molecular weight excluding hydrogens is 196 g/mol. The molecular formula is C15H30O. The molecule has 0 saturated heterocycles. The molecule has 0 heterocycles. The fourth-order valence-electron chi connectivity index (χ4n) is 1.18. The molecule has 1 heteroatoms. The zero-order valence-corrected chi connectivity index (χ0v) is 12.4. The average Bonchev–Trinajstić information content (AvgIpc) is 2.38. The highest BCUT2D eigenvalue weighted by atomic mass is 16.1. The van der Waals surface area contributed by atoms with E-state index in [4.69, 9.17) is 0 Å². The molecule has 0 fully saturated rings. The second-order valence-electron chi connectivity index (χ2n) is 2.83. The largest absolute Gasteiger partial charge is 0.299 e. The smallest absolute Gasteiger partial charge is 0.139 e. The lowest BCUT2D eigenvalue weighted by Gasteiger charge is -2.09. The average molecular weight is 226 g/mol. The second-order valence-corrected chi connectivity index (χ2v) is 2.83. The molecule has 0 bridgehead atoms. The van der Waals surface area contributed by atoms with Crippen LogP contribution >= 0.6 is 0 Å². The van der Waals surface area contributed by atoms with Crippen molar-refractivity contribution < 1.29 is 4.79 Å². The first-order valence-corrected chi connectivity index (χ1v) is 6.48. The molecule has 0 aliphatic heterocycles. The lowest BCUT2D eigenvalue weighted by molar-refractivity contribution is -0.120. The Labute approximate surface area is 103 Å². The number of rotatable bonds is 4. The Bertz CT molecular complexity index is 199. The van der Waals surface area contributed by atoms with Gasteiger partial charge in [-0.25, -0.2) is 0 Å². The molecule has 0 N–H and O–H groups in total. The first-order valence-electron chi connectivity index (χ1n) is 6.48. The van der Waals surface area contributed by atoms with Crippen molar-refractivity contribution in [2.75, 3.05) is 0 Å². The number of carbonyl (C=O) groups is 1. The van der Waals surface area contributed by atoms with Crippen LogP contribution in [0.5, 0.6) is 0 Å². The van der Waals surface area contributed by atoms with Crippen molar-refractivity contribution in [2.24, 2.45) is 5.92 Å². The maximum absolute atomic E-state index is 11.3. The van der Waals surface area contributed by atoms with Gasteiger partial charge in [0.15, 0.2) is 0 Å². The van der Waals surface area contributed by atoms with E-state index in [9.17, 15) is 4.79 Å². The summed E-state index contributed by atoms with van der Waals surface area (Å²) in [6.45, 7) is 15.8. The van der Waals surface area contributed by atoms with Crippen LogP contribution < -0.4 is 0 Å². The molecule has 1 nitrogen and oxygen atoms in total. The molecule has 0 rings (SSSR count). The van der Waals surface area contributed by atoms with Crippen molar-refractivity contribution in [2.45, 2.75) is 61.8 Å². The van der Waals surface area contributed by atoms with Crippen molar-refractivity contribution in [3.63, 3.8) is 0 Å². The number of hydrogen-bond donors (Lipinski definition) is 0. The highest BCUT2D eigenvalue weighted by Gasteiger charge is 2.12. The standard InChI is InChI=1S/C11H18O.2C2H6/c1-5-8-10(6-2)9(4)11(12)7-3;2*1-2/h5-6,8-9H,7H2,1-4H3;2*1-2H3/b8-5-,10-6+;;. The Hall–Kier alpha value is -0.850. The van der Waals surface area contributed by atoms with E-state index in [0.29, 0.717) is 12.2 Å². The molecule has 1 unspecified atom stereocenters. The van der Waals surface area contributed by atoms with Crippen LogP contribution in [0.4, 0.5) is 0 Å². The number of carbonyl (C=O) groups excluding carboxylic acids is 1. The summed E-state index contributed by atoms with van der Waals surface area (Å²) in [5.41, 5.74) is 1.12. The Kier molecular flexibility index (Phi) is 21.3. The SMILES string of the molecule is C/C=C\C(=C/C)C(C)C(=O)CC.CC.CC. The van der Waals surface area contributed by atoms with Gasteiger partial charge in [0, 0.05) is 12.3 Å². The van der Waals surface area contributed by atoms with Crippen molar-refractivity contribution in [1.29, 1.82) is 0 Å². The summed E-state index contributed by atoms with van der Waals surface area (Å²) < 4.78 is 0. The predicted octanol–water partition coefficient (Wildman–Crippen LogP) is 5.18. The fourth-order valence-corrected chi connectivity index (χ4v) is 1.18. The molecule has 0 saturated carbocycles. The van der Waals surface area contributed by atoms with E-state index >= 15 is 0 Å². The van der Waals surface area contributed by atoms with Gasteiger partial charge in [0.25, 0.3) is 0 Å². The maximum Gasteiger partial charge on any atom is 0.139 e. The third kappa shape index (κ3) is 9.70. The molecule has 0 spiro atoms. The van der Waals surface area contributed by atoms with Crippen LogP contribution in [0.15, 0.2) is 23.8 Å². The molecule has 16 heavy (non-hydrogen) atoms. The summed E-state index contributed by atoms with van der Waals surface area (Å²) in [7, 11) is 0. The van der Waals surface area contributed by atoms with Crippen LogP contribution in [0.1, 0.15) is 61.8 Å². The monoisotopic (exact) mass is 226 g/mol. The first kappa shape index (κ1) is 20.5. The molecule has 0 radical (unpaired) electrons. The van der Waals surface area contributed by atoms with E-state index < -0.39 is 0 Å². The van der Waals surface area contributed by atoms with Gasteiger partial charge in [-0.05, 0) is 19.4 Å². The molecule has 0 aromatic rings. The third-order valence-corrected chi connectivity index (χ3v) is 2.02. The normalized spacial score (nSPS) is 12.1. The van der Waals surface area contributed by atoms with Crippen LogP contribution in [0.25, 0.3) is 0 Å². The van der Waals surface area contributed by atoms with Gasteiger partial charge in [-0.15, -0.1) is 0 Å². The van der Waals surface area contributed by atoms with Crippen LogP contribution in [0.2, 0.25) is 0 Å². The molecule has 0 aromatic carbocycles. The Morgan fingerprint density at radius 1 is 1.12 bits per heavy atom. The van der Waals surface area contributed by atoms with E-state index in [-0.39, 0.29) is 5.92 Å². The van der Waals surface area contributed by atoms with Crippen LogP contribution in [0.3, 0.4) is 0 Å². The molecule has 0 aromatic heterocycles. The minimum atomic E-state index is 0.0520. The van der Waals surface area contributed by atoms with Crippen LogP contribution in [-0.4, -0.2) is 5.78 Å². The minimum Gasteiger partial charge on any atom is -0.299 e. The Morgan fingerprint density at radius 2 is 1.56 bits per heavy atom. The molecule has 96 valence electrons. The topological polar surface area (TPSA) is 17.1 Å². The maximum atomic E-state index is 11.3. The van der Waals surface area contributed by atoms with Crippen molar-refractivity contribution >= 4 is 5.78 Å². The quantitative estimate of drug-likeness (QED) is 0.604. The summed E-state index contributed by atoms with van der Waals surface area (Å²) in [4.78, 5) is 11.3. The van der Waals surface area contributed by atoms with Crippen molar-refractivity contribution in [1.82, 2.24) is 0 Å². The highest BCUT2D eigenvalue weighted by Crippen LogP contribution is 2.14. The van der Waals surface area contributed by atoms with Gasteiger partial charge < -0.3 is 0 Å². The first-order chi connectivity index (χ1) is 7.67. The van der Waals surface area contributed by atoms with Crippen molar-refractivity contribution in [3.05, 3.63) is 23.8 Å². The lowest BCUT2D eigenvalue weighted by Crippen LogP contribution is -2.10. The summed E-state index contributed by atoms with van der Waals surface area (Å²) in [6.07, 6.45) is 6.58. The van der Waals surface area contributed by atoms with E-state index in [1.165, 1.54) is 0 Å². The van der Waals surface area contributed by atoms with E-state index in [0.717, 1.165) is 5.57 Å². The zero-order chi connectivity index (χ0) is 13.6. The van der Waals surface area contributed by atoms with Gasteiger partial charge in [-0.1, -0.05) is 59.8 Å². The zero-order valence-electron chi connectivity index (χ0n) is 12.4. The predicted molar refractivity (Wildman–Crippen MR) is 75.7 cm³/mol. The third-order valence-electron chi connectivity index (χ3n) is 2.02. The molecule has 1 atom stereocenters. The lowest BCUT2D eigenvalue weighted by atomic mass is 9.94. The Morgan fingerprint density at radius 3 is 1.81 bits per heavy atom. The number of ketones is 1. The second kappa shape index (κ2) is 16.6. The number of allylic oxidation sites excluding steroid dienone is 4.